The van der Waals surface area contributed by atoms with Crippen LogP contribution in [0.5, 0.6) is 0 Å². The zero-order valence-corrected chi connectivity index (χ0v) is 9.29. The number of carbonyl (C=O) groups excluding carboxylic acids is 1. The summed E-state index contributed by atoms with van der Waals surface area (Å²) in [4.78, 5) is 11.2. The molecule has 1 heterocycles. The number of rotatable bonds is 2. The molecule has 88 valence electrons. The Hall–Kier alpha value is -1.85. The van der Waals surface area contributed by atoms with Crippen molar-refractivity contribution >= 4 is 17.5 Å². The second-order valence-electron chi connectivity index (χ2n) is 3.27. The van der Waals surface area contributed by atoms with Crippen molar-refractivity contribution in [1.29, 1.82) is 0 Å². The quantitative estimate of drug-likeness (QED) is 0.491. The Morgan fingerprint density at radius 2 is 2.12 bits per heavy atom. The number of hydrazine groups is 1. The number of nitrogens with two attached hydrogens (primary N) is 1. The summed E-state index contributed by atoms with van der Waals surface area (Å²) in [7, 11) is 0. The van der Waals surface area contributed by atoms with Gasteiger partial charge in [-0.1, -0.05) is 11.6 Å². The third-order valence-corrected chi connectivity index (χ3v) is 2.45. The van der Waals surface area contributed by atoms with Crippen LogP contribution in [0.1, 0.15) is 10.6 Å². The van der Waals surface area contributed by atoms with Crippen molar-refractivity contribution in [2.45, 2.75) is 0 Å². The molecule has 0 unspecified atom stereocenters. The van der Waals surface area contributed by atoms with Crippen LogP contribution < -0.4 is 11.3 Å². The van der Waals surface area contributed by atoms with E-state index in [2.05, 4.69) is 0 Å². The van der Waals surface area contributed by atoms with Gasteiger partial charge in [-0.25, -0.2) is 10.2 Å². The van der Waals surface area contributed by atoms with Crippen LogP contribution in [0, 0.1) is 5.82 Å². The molecule has 1 aromatic heterocycles. The molecule has 0 aliphatic heterocycles. The molecular weight excluding hydrogens is 247 g/mol. The van der Waals surface area contributed by atoms with Crippen LogP contribution in [0.2, 0.25) is 5.02 Å². The second kappa shape index (κ2) is 4.57. The maximum atomic E-state index is 13.0. The van der Waals surface area contributed by atoms with E-state index in [1.165, 1.54) is 24.3 Å². The highest BCUT2D eigenvalue weighted by atomic mass is 35.5. The van der Waals surface area contributed by atoms with Crippen LogP contribution in [0.4, 0.5) is 4.39 Å². The zero-order chi connectivity index (χ0) is 12.4. The van der Waals surface area contributed by atoms with Crippen molar-refractivity contribution in [3.63, 3.8) is 0 Å². The molecule has 0 bridgehead atoms. The molecule has 17 heavy (non-hydrogen) atoms. The van der Waals surface area contributed by atoms with E-state index in [4.69, 9.17) is 21.9 Å². The van der Waals surface area contributed by atoms with Gasteiger partial charge in [0.15, 0.2) is 5.76 Å². The van der Waals surface area contributed by atoms with E-state index in [0.717, 1.165) is 0 Å². The van der Waals surface area contributed by atoms with Crippen LogP contribution in [-0.2, 0) is 0 Å². The van der Waals surface area contributed by atoms with Gasteiger partial charge in [0.25, 0.3) is 0 Å². The van der Waals surface area contributed by atoms with Crippen LogP contribution in [0.3, 0.4) is 0 Å². The summed E-state index contributed by atoms with van der Waals surface area (Å²) < 4.78 is 18.2. The summed E-state index contributed by atoms with van der Waals surface area (Å²) in [5, 5.41) is -0.0104. The number of nitrogen functional groups attached to an aromatic ring is 1. The predicted octanol–water partition coefficient (Wildman–Crippen LogP) is 2.34. The molecule has 0 aliphatic carbocycles. The van der Waals surface area contributed by atoms with Gasteiger partial charge in [-0.3, -0.25) is 10.2 Å². The van der Waals surface area contributed by atoms with Gasteiger partial charge in [-0.2, -0.15) is 0 Å². The van der Waals surface area contributed by atoms with Crippen LogP contribution in [0.15, 0.2) is 34.7 Å². The largest absolute Gasteiger partial charge is 0.451 e. The normalized spacial score (nSPS) is 10.3. The van der Waals surface area contributed by atoms with Crippen LogP contribution in [0.25, 0.3) is 11.3 Å². The molecule has 0 saturated carbocycles. The fraction of sp³-hybridized carbons (Fsp3) is 0. The maximum absolute atomic E-state index is 13.0. The van der Waals surface area contributed by atoms with Crippen LogP contribution >= 0.6 is 11.6 Å². The minimum absolute atomic E-state index is 0.0104. The van der Waals surface area contributed by atoms with Gasteiger partial charge < -0.3 is 4.42 Å². The number of nitrogens with one attached hydrogen (secondary N) is 1. The molecule has 0 spiro atoms. The van der Waals surface area contributed by atoms with E-state index < -0.39 is 11.7 Å². The van der Waals surface area contributed by atoms with Gasteiger partial charge in [0.1, 0.15) is 11.6 Å². The first-order valence-corrected chi connectivity index (χ1v) is 5.06. The molecule has 3 N–H and O–H groups in total. The highest BCUT2D eigenvalue weighted by Crippen LogP contribution is 2.26. The van der Waals surface area contributed by atoms with Gasteiger partial charge in [-0.05, 0) is 30.3 Å². The number of amides is 1. The van der Waals surface area contributed by atoms with E-state index in [1.807, 2.05) is 5.43 Å². The lowest BCUT2D eigenvalue weighted by Gasteiger charge is -1.99. The lowest BCUT2D eigenvalue weighted by Crippen LogP contribution is -2.29. The lowest BCUT2D eigenvalue weighted by atomic mass is 10.2. The Morgan fingerprint density at radius 1 is 1.35 bits per heavy atom. The Bertz CT molecular complexity index is 568. The fourth-order valence-electron chi connectivity index (χ4n) is 1.34. The average molecular weight is 255 g/mol. The zero-order valence-electron chi connectivity index (χ0n) is 8.54. The first kappa shape index (κ1) is 11.6. The van der Waals surface area contributed by atoms with E-state index in [9.17, 15) is 9.18 Å². The van der Waals surface area contributed by atoms with Crippen molar-refractivity contribution < 1.29 is 13.6 Å². The number of halogens is 2. The number of carbonyl (C=O) groups is 1. The number of hydrogen-bond acceptors (Lipinski definition) is 3. The van der Waals surface area contributed by atoms with Gasteiger partial charge in [0, 0.05) is 5.56 Å². The molecule has 2 rings (SSSR count). The molecule has 0 atom stereocenters. The number of hydrogen-bond donors (Lipinski definition) is 2. The van der Waals surface area contributed by atoms with Gasteiger partial charge in [0.2, 0.25) is 0 Å². The average Bonchev–Trinajstić information content (AvgIpc) is 2.81. The molecule has 6 heteroatoms. The minimum atomic E-state index is -0.538. The van der Waals surface area contributed by atoms with E-state index in [0.29, 0.717) is 11.3 Å². The van der Waals surface area contributed by atoms with Crippen molar-refractivity contribution in [1.82, 2.24) is 5.43 Å². The summed E-state index contributed by atoms with van der Waals surface area (Å²) in [6.45, 7) is 0. The highest BCUT2D eigenvalue weighted by molar-refractivity contribution is 6.31. The van der Waals surface area contributed by atoms with E-state index >= 15 is 0 Å². The van der Waals surface area contributed by atoms with Crippen molar-refractivity contribution in [3.05, 3.63) is 46.9 Å². The molecule has 0 radical (unpaired) electrons. The monoisotopic (exact) mass is 254 g/mol. The topological polar surface area (TPSA) is 68.3 Å². The molecule has 0 fully saturated rings. The van der Waals surface area contributed by atoms with Crippen LogP contribution in [-0.4, -0.2) is 5.91 Å². The molecule has 0 saturated heterocycles. The summed E-state index contributed by atoms with van der Waals surface area (Å²) in [6.07, 6.45) is 0. The smallest absolute Gasteiger partial charge is 0.300 e. The number of furan rings is 1. The van der Waals surface area contributed by atoms with Crippen molar-refractivity contribution in [2.24, 2.45) is 5.84 Å². The summed E-state index contributed by atoms with van der Waals surface area (Å²) in [5.41, 5.74) is 2.52. The third kappa shape index (κ3) is 2.30. The Balaban J connectivity index is 2.37. The summed E-state index contributed by atoms with van der Waals surface area (Å²) in [6, 6.07) is 7.19. The second-order valence-corrected chi connectivity index (χ2v) is 3.67. The van der Waals surface area contributed by atoms with E-state index in [1.54, 1.807) is 6.07 Å². The molecule has 2 aromatic rings. The molecule has 1 amide bonds. The maximum Gasteiger partial charge on any atom is 0.300 e. The third-order valence-electron chi connectivity index (χ3n) is 2.17. The minimum Gasteiger partial charge on any atom is -0.451 e. The molecule has 1 aromatic carbocycles. The Labute approximate surface area is 101 Å². The Kier molecular flexibility index (Phi) is 3.12. The number of benzene rings is 1. The molecular formula is C11H8ClFN2O2. The Morgan fingerprint density at radius 3 is 2.76 bits per heavy atom. The lowest BCUT2D eigenvalue weighted by molar-refractivity contribution is 0.0927. The fourth-order valence-corrected chi connectivity index (χ4v) is 1.52. The first-order chi connectivity index (χ1) is 8.11. The predicted molar refractivity (Wildman–Crippen MR) is 60.8 cm³/mol. The van der Waals surface area contributed by atoms with Gasteiger partial charge in [0.05, 0.1) is 5.02 Å². The standard InChI is InChI=1S/C11H8ClFN2O2/c12-7-5-6(1-2-8(7)13)9-3-4-10(17-9)11(16)15-14/h1-5H,14H2,(H,15,16). The molecule has 4 nitrogen and oxygen atoms in total. The van der Waals surface area contributed by atoms with Crippen molar-refractivity contribution in [3.8, 4) is 11.3 Å². The van der Waals surface area contributed by atoms with Crippen molar-refractivity contribution in [2.75, 3.05) is 0 Å². The van der Waals surface area contributed by atoms with Gasteiger partial charge in [-0.15, -0.1) is 0 Å². The SMILES string of the molecule is NNC(=O)c1ccc(-c2ccc(F)c(Cl)c2)o1. The van der Waals surface area contributed by atoms with E-state index in [-0.39, 0.29) is 10.8 Å². The van der Waals surface area contributed by atoms with Gasteiger partial charge >= 0.3 is 5.91 Å². The first-order valence-electron chi connectivity index (χ1n) is 4.68. The summed E-state index contributed by atoms with van der Waals surface area (Å²) in [5.74, 6) is 4.40. The molecule has 0 aliphatic rings. The summed E-state index contributed by atoms with van der Waals surface area (Å²) >= 11 is 5.64. The highest BCUT2D eigenvalue weighted by Gasteiger charge is 2.11.